The molecule has 16 heavy (non-hydrogen) atoms. The highest BCUT2D eigenvalue weighted by molar-refractivity contribution is 9.11. The zero-order valence-electron chi connectivity index (χ0n) is 9.07. The summed E-state index contributed by atoms with van der Waals surface area (Å²) < 4.78 is 1.00. The van der Waals surface area contributed by atoms with E-state index in [0.29, 0.717) is 0 Å². The van der Waals surface area contributed by atoms with E-state index in [1.54, 1.807) is 11.3 Å². The van der Waals surface area contributed by atoms with Crippen molar-refractivity contribution in [1.82, 2.24) is 4.98 Å². The van der Waals surface area contributed by atoms with Gasteiger partial charge in [0, 0.05) is 5.92 Å². The Morgan fingerprint density at radius 3 is 2.75 bits per heavy atom. The molecule has 5 heteroatoms. The van der Waals surface area contributed by atoms with Gasteiger partial charge in [-0.15, -0.1) is 11.3 Å². The lowest BCUT2D eigenvalue weighted by atomic mass is 9.78. The SMILES string of the molecule is Cc1nc([C@@H]2CCCC[C@H]2C(=O)O)c(Br)s1. The molecule has 0 saturated heterocycles. The Labute approximate surface area is 107 Å². The first-order valence-corrected chi connectivity index (χ1v) is 7.06. The third-order valence-electron chi connectivity index (χ3n) is 3.15. The van der Waals surface area contributed by atoms with Crippen molar-refractivity contribution < 1.29 is 9.90 Å². The van der Waals surface area contributed by atoms with Crippen molar-refractivity contribution in [2.45, 2.75) is 38.5 Å². The van der Waals surface area contributed by atoms with E-state index in [9.17, 15) is 9.90 Å². The van der Waals surface area contributed by atoms with Gasteiger partial charge in [0.2, 0.25) is 0 Å². The highest BCUT2D eigenvalue weighted by Gasteiger charge is 2.34. The van der Waals surface area contributed by atoms with E-state index >= 15 is 0 Å². The molecule has 0 aliphatic heterocycles. The Bertz CT molecular complexity index is 405. The second kappa shape index (κ2) is 4.84. The van der Waals surface area contributed by atoms with Gasteiger partial charge in [0.25, 0.3) is 0 Å². The molecule has 1 aromatic heterocycles. The maximum atomic E-state index is 11.2. The van der Waals surface area contributed by atoms with Crippen LogP contribution in [0, 0.1) is 12.8 Å². The number of thiazole rings is 1. The standard InChI is InChI=1S/C11H14BrNO2S/c1-6-13-9(10(12)16-6)7-4-2-3-5-8(7)11(14)15/h7-8H,2-5H2,1H3,(H,14,15)/t7-,8-/m1/s1. The molecule has 0 amide bonds. The molecule has 1 fully saturated rings. The molecule has 88 valence electrons. The summed E-state index contributed by atoms with van der Waals surface area (Å²) in [5.41, 5.74) is 0.953. The molecule has 2 rings (SSSR count). The molecule has 0 aromatic carbocycles. The molecule has 1 aliphatic carbocycles. The third kappa shape index (κ3) is 2.30. The molecule has 1 aromatic rings. The fourth-order valence-corrected chi connectivity index (χ4v) is 4.19. The van der Waals surface area contributed by atoms with Crippen LogP contribution >= 0.6 is 27.3 Å². The Morgan fingerprint density at radius 1 is 1.50 bits per heavy atom. The fraction of sp³-hybridized carbons (Fsp3) is 0.636. The van der Waals surface area contributed by atoms with Crippen LogP contribution in [0.5, 0.6) is 0 Å². The monoisotopic (exact) mass is 303 g/mol. The van der Waals surface area contributed by atoms with Crippen LogP contribution in [-0.4, -0.2) is 16.1 Å². The van der Waals surface area contributed by atoms with Crippen molar-refractivity contribution in [2.75, 3.05) is 0 Å². The second-order valence-corrected chi connectivity index (χ2v) is 6.75. The molecule has 0 bridgehead atoms. The smallest absolute Gasteiger partial charge is 0.307 e. The van der Waals surface area contributed by atoms with Crippen LogP contribution in [0.3, 0.4) is 0 Å². The summed E-state index contributed by atoms with van der Waals surface area (Å²) >= 11 is 5.08. The lowest BCUT2D eigenvalue weighted by molar-refractivity contribution is -0.143. The molecule has 0 unspecified atom stereocenters. The summed E-state index contributed by atoms with van der Waals surface area (Å²) in [5.74, 6) is -0.848. The molecule has 1 saturated carbocycles. The first kappa shape index (κ1) is 12.0. The van der Waals surface area contributed by atoms with Gasteiger partial charge < -0.3 is 5.11 Å². The fourth-order valence-electron chi connectivity index (χ4n) is 2.40. The number of aliphatic carboxylic acids is 1. The number of rotatable bonds is 2. The minimum atomic E-state index is -0.678. The third-order valence-corrected chi connectivity index (χ3v) is 4.82. The maximum Gasteiger partial charge on any atom is 0.307 e. The number of aryl methyl sites for hydroxylation is 1. The molecule has 3 nitrogen and oxygen atoms in total. The lowest BCUT2D eigenvalue weighted by Gasteiger charge is -2.27. The first-order valence-electron chi connectivity index (χ1n) is 5.45. The highest BCUT2D eigenvalue weighted by atomic mass is 79.9. The maximum absolute atomic E-state index is 11.2. The van der Waals surface area contributed by atoms with Gasteiger partial charge in [-0.3, -0.25) is 4.79 Å². The molecule has 2 atom stereocenters. The zero-order chi connectivity index (χ0) is 11.7. The van der Waals surface area contributed by atoms with Crippen molar-refractivity contribution >= 4 is 33.2 Å². The second-order valence-electron chi connectivity index (χ2n) is 4.23. The van der Waals surface area contributed by atoms with Gasteiger partial charge >= 0.3 is 5.97 Å². The molecule has 0 spiro atoms. The normalized spacial score (nSPS) is 25.6. The van der Waals surface area contributed by atoms with Gasteiger partial charge in [-0.05, 0) is 35.7 Å². The van der Waals surface area contributed by atoms with E-state index < -0.39 is 5.97 Å². The minimum Gasteiger partial charge on any atom is -0.481 e. The van der Waals surface area contributed by atoms with Crippen molar-refractivity contribution in [3.05, 3.63) is 14.5 Å². The van der Waals surface area contributed by atoms with Gasteiger partial charge in [-0.25, -0.2) is 4.98 Å². The van der Waals surface area contributed by atoms with Crippen LogP contribution in [-0.2, 0) is 4.79 Å². The van der Waals surface area contributed by atoms with E-state index in [4.69, 9.17) is 0 Å². The van der Waals surface area contributed by atoms with Gasteiger partial charge in [0.05, 0.1) is 20.4 Å². The number of hydrogen-bond acceptors (Lipinski definition) is 3. The Kier molecular flexibility index (Phi) is 3.64. The summed E-state index contributed by atoms with van der Waals surface area (Å²) in [6.45, 7) is 1.96. The molecule has 1 aliphatic rings. The minimum absolute atomic E-state index is 0.0885. The first-order chi connectivity index (χ1) is 7.59. The van der Waals surface area contributed by atoms with Crippen molar-refractivity contribution in [3.8, 4) is 0 Å². The quantitative estimate of drug-likeness (QED) is 0.908. The van der Waals surface area contributed by atoms with E-state index in [0.717, 1.165) is 40.2 Å². The predicted octanol–water partition coefficient (Wildman–Crippen LogP) is 3.57. The summed E-state index contributed by atoms with van der Waals surface area (Å²) in [4.78, 5) is 15.7. The molecule has 1 N–H and O–H groups in total. The van der Waals surface area contributed by atoms with Gasteiger partial charge in [-0.2, -0.15) is 0 Å². The molecule has 0 radical (unpaired) electrons. The van der Waals surface area contributed by atoms with E-state index in [1.807, 2.05) is 6.92 Å². The zero-order valence-corrected chi connectivity index (χ0v) is 11.5. The molecular formula is C11H14BrNO2S. The summed E-state index contributed by atoms with van der Waals surface area (Å²) in [6.07, 6.45) is 3.85. The number of nitrogens with zero attached hydrogens (tertiary/aromatic N) is 1. The average Bonchev–Trinajstić information content (AvgIpc) is 2.57. The average molecular weight is 304 g/mol. The Balaban J connectivity index is 2.29. The van der Waals surface area contributed by atoms with Gasteiger partial charge in [0.15, 0.2) is 0 Å². The number of halogens is 1. The van der Waals surface area contributed by atoms with E-state index in [2.05, 4.69) is 20.9 Å². The number of hydrogen-bond donors (Lipinski definition) is 1. The summed E-state index contributed by atoms with van der Waals surface area (Å²) in [6, 6.07) is 0. The van der Waals surface area contributed by atoms with Crippen molar-refractivity contribution in [1.29, 1.82) is 0 Å². The summed E-state index contributed by atoms with van der Waals surface area (Å²) in [5, 5.41) is 10.2. The largest absolute Gasteiger partial charge is 0.481 e. The number of carbonyl (C=O) groups is 1. The number of aromatic nitrogens is 1. The number of carboxylic acid groups (broad SMARTS) is 1. The predicted molar refractivity (Wildman–Crippen MR) is 66.9 cm³/mol. The van der Waals surface area contributed by atoms with E-state index in [-0.39, 0.29) is 11.8 Å². The van der Waals surface area contributed by atoms with Crippen molar-refractivity contribution in [3.63, 3.8) is 0 Å². The van der Waals surface area contributed by atoms with Crippen LogP contribution < -0.4 is 0 Å². The Morgan fingerprint density at radius 2 is 2.19 bits per heavy atom. The lowest BCUT2D eigenvalue weighted by Crippen LogP contribution is -2.25. The topological polar surface area (TPSA) is 50.2 Å². The van der Waals surface area contributed by atoms with Crippen LogP contribution in [0.1, 0.15) is 42.3 Å². The Hall–Kier alpha value is -0.420. The molecular weight excluding hydrogens is 290 g/mol. The van der Waals surface area contributed by atoms with Gasteiger partial charge in [0.1, 0.15) is 0 Å². The van der Waals surface area contributed by atoms with Crippen LogP contribution in [0.2, 0.25) is 0 Å². The van der Waals surface area contributed by atoms with Gasteiger partial charge in [-0.1, -0.05) is 12.8 Å². The summed E-state index contributed by atoms with van der Waals surface area (Å²) in [7, 11) is 0. The highest BCUT2D eigenvalue weighted by Crippen LogP contribution is 2.41. The van der Waals surface area contributed by atoms with Crippen LogP contribution in [0.25, 0.3) is 0 Å². The van der Waals surface area contributed by atoms with Crippen LogP contribution in [0.4, 0.5) is 0 Å². The van der Waals surface area contributed by atoms with Crippen molar-refractivity contribution in [2.24, 2.45) is 5.92 Å². The molecule has 1 heterocycles. The number of carboxylic acids is 1. The van der Waals surface area contributed by atoms with Crippen LogP contribution in [0.15, 0.2) is 3.79 Å². The van der Waals surface area contributed by atoms with E-state index in [1.165, 1.54) is 0 Å².